The van der Waals surface area contributed by atoms with Crippen molar-refractivity contribution in [1.82, 2.24) is 0 Å². The summed E-state index contributed by atoms with van der Waals surface area (Å²) in [7, 11) is 0. The first-order valence-electron chi connectivity index (χ1n) is 4.62. The average molecular weight is 207 g/mol. The molecule has 0 fully saturated rings. The molecule has 0 heterocycles. The number of benzene rings is 1. The minimum absolute atomic E-state index is 0.274. The number of carbonyl (C=O) groups excluding carboxylic acids is 1. The fourth-order valence-corrected chi connectivity index (χ4v) is 1.35. The second kappa shape index (κ2) is 5.26. The Kier molecular flexibility index (Phi) is 4.00. The number of carboxylic acids is 1. The molecule has 0 radical (unpaired) electrons. The van der Waals surface area contributed by atoms with Crippen molar-refractivity contribution in [3.8, 4) is 0 Å². The molecule has 0 spiro atoms. The van der Waals surface area contributed by atoms with Gasteiger partial charge in [0.1, 0.15) is 6.29 Å². The summed E-state index contributed by atoms with van der Waals surface area (Å²) in [5, 5.41) is 8.90. The number of hydrogen-bond donors (Lipinski definition) is 2. The standard InChI is InChI=1S/C11H13NO3/c12-10(7-13)9(11(14)15)6-8-4-2-1-3-5-8/h1-5,7,9-10H,6,12H2,(H,14,15)/t9?,10-/m1/s1. The highest BCUT2D eigenvalue weighted by molar-refractivity contribution is 5.77. The summed E-state index contributed by atoms with van der Waals surface area (Å²) >= 11 is 0. The van der Waals surface area contributed by atoms with E-state index in [1.54, 1.807) is 0 Å². The van der Waals surface area contributed by atoms with E-state index in [1.165, 1.54) is 0 Å². The van der Waals surface area contributed by atoms with Gasteiger partial charge in [0.15, 0.2) is 0 Å². The molecule has 0 aliphatic carbocycles. The molecule has 4 heteroatoms. The molecule has 0 amide bonds. The molecule has 1 rings (SSSR count). The maximum Gasteiger partial charge on any atom is 0.308 e. The maximum atomic E-state index is 10.9. The van der Waals surface area contributed by atoms with Crippen molar-refractivity contribution in [2.75, 3.05) is 0 Å². The van der Waals surface area contributed by atoms with Crippen molar-refractivity contribution in [1.29, 1.82) is 0 Å². The van der Waals surface area contributed by atoms with Crippen LogP contribution < -0.4 is 5.73 Å². The summed E-state index contributed by atoms with van der Waals surface area (Å²) in [5.74, 6) is -1.90. The van der Waals surface area contributed by atoms with Crippen LogP contribution in [0.4, 0.5) is 0 Å². The van der Waals surface area contributed by atoms with Crippen molar-refractivity contribution < 1.29 is 14.7 Å². The molecule has 0 bridgehead atoms. The Balaban J connectivity index is 2.76. The van der Waals surface area contributed by atoms with Crippen LogP contribution in [0.5, 0.6) is 0 Å². The summed E-state index contributed by atoms with van der Waals surface area (Å²) < 4.78 is 0. The van der Waals surface area contributed by atoms with Gasteiger partial charge in [0.05, 0.1) is 12.0 Å². The number of nitrogens with two attached hydrogens (primary N) is 1. The normalized spacial score (nSPS) is 14.2. The van der Waals surface area contributed by atoms with Gasteiger partial charge in [0.25, 0.3) is 0 Å². The number of carboxylic acid groups (broad SMARTS) is 1. The third-order valence-electron chi connectivity index (χ3n) is 2.24. The van der Waals surface area contributed by atoms with Crippen LogP contribution in [0.1, 0.15) is 5.56 Å². The van der Waals surface area contributed by atoms with Gasteiger partial charge in [-0.05, 0) is 12.0 Å². The van der Waals surface area contributed by atoms with E-state index in [2.05, 4.69) is 0 Å². The Morgan fingerprint density at radius 3 is 2.47 bits per heavy atom. The van der Waals surface area contributed by atoms with Crippen molar-refractivity contribution in [2.45, 2.75) is 12.5 Å². The van der Waals surface area contributed by atoms with Crippen LogP contribution in [0.15, 0.2) is 30.3 Å². The lowest BCUT2D eigenvalue weighted by Gasteiger charge is -2.14. The summed E-state index contributed by atoms with van der Waals surface area (Å²) in [4.78, 5) is 21.3. The lowest BCUT2D eigenvalue weighted by molar-refractivity contribution is -0.143. The first kappa shape index (κ1) is 11.4. The number of aliphatic carboxylic acids is 1. The van der Waals surface area contributed by atoms with E-state index in [0.717, 1.165) is 5.56 Å². The number of rotatable bonds is 5. The smallest absolute Gasteiger partial charge is 0.308 e. The minimum Gasteiger partial charge on any atom is -0.481 e. The summed E-state index contributed by atoms with van der Waals surface area (Å²) in [6.07, 6.45) is 0.748. The zero-order valence-corrected chi connectivity index (χ0v) is 8.17. The fraction of sp³-hybridized carbons (Fsp3) is 0.273. The Hall–Kier alpha value is -1.68. The molecule has 0 saturated carbocycles. The van der Waals surface area contributed by atoms with Gasteiger partial charge in [-0.1, -0.05) is 30.3 Å². The lowest BCUT2D eigenvalue weighted by Crippen LogP contribution is -2.38. The molecule has 80 valence electrons. The summed E-state index contributed by atoms with van der Waals surface area (Å²) in [5.41, 5.74) is 6.28. The predicted molar refractivity (Wildman–Crippen MR) is 55.3 cm³/mol. The van der Waals surface area contributed by atoms with Crippen molar-refractivity contribution in [3.63, 3.8) is 0 Å². The van der Waals surface area contributed by atoms with Crippen LogP contribution in [0.25, 0.3) is 0 Å². The second-order valence-electron chi connectivity index (χ2n) is 3.35. The van der Waals surface area contributed by atoms with E-state index in [-0.39, 0.29) is 6.42 Å². The molecule has 2 atom stereocenters. The van der Waals surface area contributed by atoms with Crippen molar-refractivity contribution >= 4 is 12.3 Å². The first-order chi connectivity index (χ1) is 7.15. The van der Waals surface area contributed by atoms with Gasteiger partial charge in [0, 0.05) is 0 Å². The molecule has 4 nitrogen and oxygen atoms in total. The third-order valence-corrected chi connectivity index (χ3v) is 2.24. The first-order valence-corrected chi connectivity index (χ1v) is 4.62. The Morgan fingerprint density at radius 2 is 2.00 bits per heavy atom. The molecular formula is C11H13NO3. The Bertz CT molecular complexity index is 337. The van der Waals surface area contributed by atoms with Crippen LogP contribution in [0.2, 0.25) is 0 Å². The zero-order valence-electron chi connectivity index (χ0n) is 8.17. The molecule has 0 saturated heterocycles. The van der Waals surface area contributed by atoms with Gasteiger partial charge < -0.3 is 15.6 Å². The molecule has 1 unspecified atom stereocenters. The van der Waals surface area contributed by atoms with Gasteiger partial charge in [-0.15, -0.1) is 0 Å². The predicted octanol–water partition coefficient (Wildman–Crippen LogP) is 0.456. The van der Waals surface area contributed by atoms with E-state index in [4.69, 9.17) is 10.8 Å². The largest absolute Gasteiger partial charge is 0.481 e. The zero-order chi connectivity index (χ0) is 11.3. The molecule has 1 aromatic carbocycles. The van der Waals surface area contributed by atoms with Crippen molar-refractivity contribution in [3.05, 3.63) is 35.9 Å². The highest BCUT2D eigenvalue weighted by Crippen LogP contribution is 2.11. The second-order valence-corrected chi connectivity index (χ2v) is 3.35. The number of carbonyl (C=O) groups is 2. The molecule has 1 aromatic rings. The Morgan fingerprint density at radius 1 is 1.40 bits per heavy atom. The van der Waals surface area contributed by atoms with Crippen LogP contribution in [-0.2, 0) is 16.0 Å². The van der Waals surface area contributed by atoms with Gasteiger partial charge in [-0.25, -0.2) is 0 Å². The third kappa shape index (κ3) is 3.18. The molecule has 0 aliphatic heterocycles. The van der Waals surface area contributed by atoms with Crippen LogP contribution >= 0.6 is 0 Å². The van der Waals surface area contributed by atoms with E-state index >= 15 is 0 Å². The van der Waals surface area contributed by atoms with Gasteiger partial charge in [-0.2, -0.15) is 0 Å². The molecule has 15 heavy (non-hydrogen) atoms. The monoisotopic (exact) mass is 207 g/mol. The fourth-order valence-electron chi connectivity index (χ4n) is 1.35. The van der Waals surface area contributed by atoms with E-state index in [9.17, 15) is 9.59 Å². The molecule has 3 N–H and O–H groups in total. The number of hydrogen-bond acceptors (Lipinski definition) is 3. The highest BCUT2D eigenvalue weighted by atomic mass is 16.4. The quantitative estimate of drug-likeness (QED) is 0.687. The van der Waals surface area contributed by atoms with E-state index in [0.29, 0.717) is 6.29 Å². The van der Waals surface area contributed by atoms with Crippen LogP contribution in [0, 0.1) is 5.92 Å². The van der Waals surface area contributed by atoms with Crippen molar-refractivity contribution in [2.24, 2.45) is 11.7 Å². The van der Waals surface area contributed by atoms with Gasteiger partial charge in [-0.3, -0.25) is 4.79 Å². The van der Waals surface area contributed by atoms with Gasteiger partial charge >= 0.3 is 5.97 Å². The molecule has 0 aliphatic rings. The highest BCUT2D eigenvalue weighted by Gasteiger charge is 2.24. The lowest BCUT2D eigenvalue weighted by atomic mass is 9.93. The van der Waals surface area contributed by atoms with E-state index < -0.39 is 17.9 Å². The minimum atomic E-state index is -1.04. The maximum absolute atomic E-state index is 10.9. The summed E-state index contributed by atoms with van der Waals surface area (Å²) in [6.45, 7) is 0. The molecule has 0 aromatic heterocycles. The average Bonchev–Trinajstić information content (AvgIpc) is 2.26. The SMILES string of the molecule is N[C@H](C=O)C(Cc1ccccc1)C(=O)O. The summed E-state index contributed by atoms with van der Waals surface area (Å²) in [6, 6.07) is 8.16. The molecular weight excluding hydrogens is 194 g/mol. The van der Waals surface area contributed by atoms with Crippen LogP contribution in [-0.4, -0.2) is 23.4 Å². The van der Waals surface area contributed by atoms with Gasteiger partial charge in [0.2, 0.25) is 0 Å². The topological polar surface area (TPSA) is 80.4 Å². The van der Waals surface area contributed by atoms with Crippen LogP contribution in [0.3, 0.4) is 0 Å². The van der Waals surface area contributed by atoms with E-state index in [1.807, 2.05) is 30.3 Å². The Labute approximate surface area is 87.7 Å². The number of aldehydes is 1.